The average molecular weight is 730 g/mol. The summed E-state index contributed by atoms with van der Waals surface area (Å²) >= 11 is 0. The van der Waals surface area contributed by atoms with Crippen LogP contribution in [-0.2, 0) is 25.6 Å². The van der Waals surface area contributed by atoms with E-state index in [0.29, 0.717) is 39.3 Å². The molecule has 1 aromatic carbocycles. The number of ether oxygens (including phenoxy) is 3. The van der Waals surface area contributed by atoms with Gasteiger partial charge in [0, 0.05) is 41.8 Å². The van der Waals surface area contributed by atoms with Crippen molar-refractivity contribution in [3.8, 4) is 6.07 Å². The zero-order valence-electron chi connectivity index (χ0n) is 30.9. The van der Waals surface area contributed by atoms with Gasteiger partial charge in [-0.1, -0.05) is 82.5 Å². The highest BCUT2D eigenvalue weighted by molar-refractivity contribution is 6.76. The molecule has 0 spiro atoms. The smallest absolute Gasteiger partial charge is 0.407 e. The fraction of sp³-hybridized carbons (Fsp3) is 0.697. The maximum Gasteiger partial charge on any atom is 0.407 e. The molecule has 12 N–H and O–H groups in total. The third kappa shape index (κ3) is 36.1. The molecule has 1 aromatic rings. The van der Waals surface area contributed by atoms with E-state index in [9.17, 15) is 19.6 Å². The number of hydrogen-bond acceptors (Lipinski definition) is 11. The SMILES string of the molecule is C[Si](C)(C)CCOC(=O)NCCCC[C@@H](C#N)CC(=O)OCc1ccccc1.C[Si](C)(C)CCOC(=O)NCCCC[C@H](N)CN.NN.O. The molecule has 0 aliphatic carbocycles. The number of esters is 1. The minimum atomic E-state index is -1.20. The van der Waals surface area contributed by atoms with E-state index >= 15 is 0 Å². The second-order valence-corrected chi connectivity index (χ2v) is 25.2. The molecule has 49 heavy (non-hydrogen) atoms. The van der Waals surface area contributed by atoms with Crippen molar-refractivity contribution in [2.45, 2.75) is 109 Å². The summed E-state index contributed by atoms with van der Waals surface area (Å²) in [6.07, 6.45) is 4.28. The third-order valence-corrected chi connectivity index (χ3v) is 10.2. The van der Waals surface area contributed by atoms with E-state index < -0.39 is 16.1 Å². The van der Waals surface area contributed by atoms with Gasteiger partial charge in [-0.15, -0.1) is 0 Å². The number of nitrogens with one attached hydrogen (secondary N) is 2. The van der Waals surface area contributed by atoms with E-state index in [-0.39, 0.29) is 48.6 Å². The molecule has 2 amide bonds. The van der Waals surface area contributed by atoms with E-state index in [1.807, 2.05) is 30.3 Å². The summed E-state index contributed by atoms with van der Waals surface area (Å²) < 4.78 is 15.5. The van der Waals surface area contributed by atoms with Gasteiger partial charge >= 0.3 is 18.2 Å². The number of hydrogen-bond donors (Lipinski definition) is 6. The minimum Gasteiger partial charge on any atom is -0.461 e. The molecule has 2 atom stereocenters. The van der Waals surface area contributed by atoms with Crippen molar-refractivity contribution in [3.05, 3.63) is 35.9 Å². The summed E-state index contributed by atoms with van der Waals surface area (Å²) in [6.45, 7) is 16.4. The molecule has 0 radical (unpaired) electrons. The lowest BCUT2D eigenvalue weighted by atomic mass is 10.00. The first kappa shape index (κ1) is 50.3. The van der Waals surface area contributed by atoms with Crippen molar-refractivity contribution in [2.75, 3.05) is 32.8 Å². The van der Waals surface area contributed by atoms with E-state index in [1.165, 1.54) is 0 Å². The van der Waals surface area contributed by atoms with Gasteiger partial charge < -0.3 is 41.8 Å². The molecule has 0 aliphatic rings. The van der Waals surface area contributed by atoms with Gasteiger partial charge in [0.25, 0.3) is 0 Å². The van der Waals surface area contributed by atoms with Crippen LogP contribution in [0.5, 0.6) is 0 Å². The third-order valence-electron chi connectivity index (χ3n) is 6.83. The summed E-state index contributed by atoms with van der Waals surface area (Å²) in [4.78, 5) is 34.8. The Labute approximate surface area is 296 Å². The van der Waals surface area contributed by atoms with Crippen LogP contribution in [0.15, 0.2) is 30.3 Å². The van der Waals surface area contributed by atoms with Crippen LogP contribution in [0.3, 0.4) is 0 Å². The van der Waals surface area contributed by atoms with E-state index in [1.54, 1.807) is 0 Å². The largest absolute Gasteiger partial charge is 0.461 e. The number of nitrogens with two attached hydrogens (primary N) is 4. The van der Waals surface area contributed by atoms with Crippen LogP contribution in [0.25, 0.3) is 0 Å². The van der Waals surface area contributed by atoms with E-state index in [2.05, 4.69) is 67.7 Å². The molecular weight excluding hydrogens is 663 g/mol. The molecule has 0 saturated carbocycles. The summed E-state index contributed by atoms with van der Waals surface area (Å²) in [5, 5.41) is 14.7. The molecule has 0 aromatic heterocycles. The number of carbonyl (C=O) groups excluding carboxylic acids is 3. The number of rotatable bonds is 21. The second kappa shape index (κ2) is 31.0. The van der Waals surface area contributed by atoms with Gasteiger partial charge in [0.15, 0.2) is 0 Å². The summed E-state index contributed by atoms with van der Waals surface area (Å²) in [5.74, 6) is 7.27. The van der Waals surface area contributed by atoms with Crippen LogP contribution in [0.2, 0.25) is 51.4 Å². The Kier molecular flexibility index (Phi) is 31.8. The van der Waals surface area contributed by atoms with E-state index in [0.717, 1.165) is 49.8 Å². The van der Waals surface area contributed by atoms with Gasteiger partial charge in [0.1, 0.15) is 6.61 Å². The van der Waals surface area contributed by atoms with Crippen molar-refractivity contribution >= 4 is 34.3 Å². The lowest BCUT2D eigenvalue weighted by Gasteiger charge is -2.15. The Hall–Kier alpha value is -3.05. The van der Waals surface area contributed by atoms with Crippen molar-refractivity contribution in [2.24, 2.45) is 29.1 Å². The van der Waals surface area contributed by atoms with Gasteiger partial charge in [-0.3, -0.25) is 16.5 Å². The van der Waals surface area contributed by atoms with Crippen LogP contribution in [0, 0.1) is 17.2 Å². The van der Waals surface area contributed by atoms with Gasteiger partial charge in [0.05, 0.1) is 31.6 Å². The van der Waals surface area contributed by atoms with Crippen molar-refractivity contribution < 1.29 is 34.1 Å². The molecule has 0 heterocycles. The van der Waals surface area contributed by atoms with Crippen LogP contribution >= 0.6 is 0 Å². The number of unbranched alkanes of at least 4 members (excludes halogenated alkanes) is 2. The number of hydrazine groups is 1. The predicted molar refractivity (Wildman–Crippen MR) is 202 cm³/mol. The Morgan fingerprint density at radius 1 is 0.796 bits per heavy atom. The summed E-state index contributed by atoms with van der Waals surface area (Å²) in [6, 6.07) is 13.6. The maximum atomic E-state index is 11.9. The highest BCUT2D eigenvalue weighted by Gasteiger charge is 2.16. The Bertz CT molecular complexity index is 1020. The van der Waals surface area contributed by atoms with Crippen LogP contribution in [-0.4, -0.2) is 78.7 Å². The first-order valence-electron chi connectivity index (χ1n) is 16.8. The lowest BCUT2D eigenvalue weighted by Crippen LogP contribution is -2.30. The highest BCUT2D eigenvalue weighted by atomic mass is 28.3. The molecule has 0 saturated heterocycles. The molecular formula is C33H67N7O7Si2. The number of alkyl carbamates (subject to hydrolysis) is 2. The van der Waals surface area contributed by atoms with Gasteiger partial charge in [0.2, 0.25) is 0 Å². The lowest BCUT2D eigenvalue weighted by molar-refractivity contribution is -0.145. The van der Waals surface area contributed by atoms with Gasteiger partial charge in [-0.05, 0) is 43.3 Å². The highest BCUT2D eigenvalue weighted by Crippen LogP contribution is 2.14. The van der Waals surface area contributed by atoms with Crippen LogP contribution in [0.1, 0.15) is 50.5 Å². The first-order valence-corrected chi connectivity index (χ1v) is 24.3. The molecule has 0 fully saturated rings. The molecule has 284 valence electrons. The second-order valence-electron chi connectivity index (χ2n) is 13.9. The molecule has 0 unspecified atom stereocenters. The molecule has 0 bridgehead atoms. The predicted octanol–water partition coefficient (Wildman–Crippen LogP) is 4.00. The number of amides is 2. The molecule has 16 heteroatoms. The molecule has 14 nitrogen and oxygen atoms in total. The normalized spacial score (nSPS) is 11.8. The Morgan fingerprint density at radius 3 is 1.69 bits per heavy atom. The number of carbonyl (C=O) groups is 3. The fourth-order valence-corrected chi connectivity index (χ4v) is 5.19. The van der Waals surface area contributed by atoms with E-state index in [4.69, 9.17) is 25.7 Å². The first-order chi connectivity index (χ1) is 22.6. The summed E-state index contributed by atoms with van der Waals surface area (Å²) in [5.41, 5.74) is 12.0. The van der Waals surface area contributed by atoms with Crippen molar-refractivity contribution in [3.63, 3.8) is 0 Å². The van der Waals surface area contributed by atoms with Gasteiger partial charge in [-0.2, -0.15) is 5.26 Å². The Morgan fingerprint density at radius 2 is 1.27 bits per heavy atom. The van der Waals surface area contributed by atoms with Crippen LogP contribution in [0.4, 0.5) is 9.59 Å². The minimum absolute atomic E-state index is 0. The topological polar surface area (TPSA) is 262 Å². The maximum absolute atomic E-state index is 11.9. The standard InChI is InChI=1S/C21H32N2O4Si.C12H29N3O2Si.H4N2.H2O/c1-28(2,3)14-13-26-21(25)23-12-8-7-11-19(16-22)15-20(24)27-17-18-9-5-4-6-10-18;1-18(2,3)9-8-17-12(16)15-7-5-4-6-11(14)10-13;1-2;/h4-6,9-10,19H,7-8,11-15,17H2,1-3H3,(H,23,25);11H,4-10,13-14H2,1-3H3,(H,15,16);1-2H2;1H2/t19-;11-;;/m10../s1. The quantitative estimate of drug-likeness (QED) is 0.0263. The van der Waals surface area contributed by atoms with Crippen LogP contribution < -0.4 is 33.8 Å². The molecule has 0 aliphatic heterocycles. The number of benzene rings is 1. The van der Waals surface area contributed by atoms with Crippen molar-refractivity contribution in [1.29, 1.82) is 5.26 Å². The zero-order valence-corrected chi connectivity index (χ0v) is 32.9. The zero-order chi connectivity index (χ0) is 36.8. The van der Waals surface area contributed by atoms with Gasteiger partial charge in [-0.25, -0.2) is 9.59 Å². The average Bonchev–Trinajstić information content (AvgIpc) is 3.03. The molecule has 1 rings (SSSR count). The summed E-state index contributed by atoms with van der Waals surface area (Å²) in [7, 11) is -2.31. The monoisotopic (exact) mass is 729 g/mol. The fourth-order valence-electron chi connectivity index (χ4n) is 3.76. The Balaban J connectivity index is -0.000000875. The number of nitriles is 1. The number of nitrogens with zero attached hydrogens (tertiary/aromatic N) is 1. The van der Waals surface area contributed by atoms with Crippen molar-refractivity contribution in [1.82, 2.24) is 10.6 Å².